The lowest BCUT2D eigenvalue weighted by atomic mass is 9.95. The van der Waals surface area contributed by atoms with E-state index in [1.807, 2.05) is 4.90 Å². The average Bonchev–Trinajstić information content (AvgIpc) is 3.86. The minimum absolute atomic E-state index is 0.0109. The van der Waals surface area contributed by atoms with Crippen LogP contribution in [0.2, 0.25) is 16.6 Å². The summed E-state index contributed by atoms with van der Waals surface area (Å²) in [5.74, 6) is 2.93. The zero-order valence-corrected chi connectivity index (χ0v) is 38.4. The number of benzene rings is 2. The number of halogens is 3. The molecule has 2 aromatic heterocycles. The Morgan fingerprint density at radius 1 is 0.952 bits per heavy atom. The van der Waals surface area contributed by atoms with Crippen molar-refractivity contribution < 1.29 is 37.3 Å². The summed E-state index contributed by atoms with van der Waals surface area (Å²) >= 11 is 0. The summed E-state index contributed by atoms with van der Waals surface area (Å²) in [7, 11) is -0.822. The highest BCUT2D eigenvalue weighted by Gasteiger charge is 2.50. The van der Waals surface area contributed by atoms with Crippen LogP contribution in [0.1, 0.15) is 104 Å². The molecule has 4 aromatic rings. The van der Waals surface area contributed by atoms with Crippen molar-refractivity contribution >= 4 is 41.7 Å². The molecule has 15 heteroatoms. The van der Waals surface area contributed by atoms with E-state index in [-0.39, 0.29) is 54.2 Å². The Bertz CT molecular complexity index is 2470. The Labute approximate surface area is 368 Å². The van der Waals surface area contributed by atoms with Crippen LogP contribution >= 0.6 is 0 Å². The van der Waals surface area contributed by atoms with Gasteiger partial charge in [0.25, 0.3) is 0 Å². The van der Waals surface area contributed by atoms with Crippen molar-refractivity contribution in [3.05, 3.63) is 47.2 Å². The summed E-state index contributed by atoms with van der Waals surface area (Å²) in [5, 5.41) is 11.6. The molecular weight excluding hydrogens is 826 g/mol. The maximum atomic E-state index is 18.2. The van der Waals surface area contributed by atoms with E-state index in [1.54, 1.807) is 18.2 Å². The summed E-state index contributed by atoms with van der Waals surface area (Å²) in [6.45, 7) is 15.2. The molecule has 1 amide bonds. The van der Waals surface area contributed by atoms with Crippen molar-refractivity contribution in [3.8, 4) is 34.5 Å². The quantitative estimate of drug-likeness (QED) is 0.0839. The lowest BCUT2D eigenvalue weighted by Crippen LogP contribution is -2.55. The number of aromatic nitrogens is 3. The number of nitrogens with zero attached hydrogens (tertiary/aromatic N) is 6. The van der Waals surface area contributed by atoms with E-state index in [1.165, 1.54) is 18.1 Å². The molecule has 0 unspecified atom stereocenters. The predicted molar refractivity (Wildman–Crippen MR) is 240 cm³/mol. The van der Waals surface area contributed by atoms with Gasteiger partial charge in [-0.15, -0.1) is 5.54 Å². The van der Waals surface area contributed by atoms with Gasteiger partial charge in [-0.25, -0.2) is 22.9 Å². The molecule has 2 bridgehead atoms. The van der Waals surface area contributed by atoms with Gasteiger partial charge in [0.2, 0.25) is 0 Å². The third-order valence-electron chi connectivity index (χ3n) is 14.9. The first kappa shape index (κ1) is 43.6. The molecule has 4 saturated heterocycles. The molecular formula is C48H59F3N6O5Si. The number of alkyl halides is 1. The molecule has 5 fully saturated rings. The summed E-state index contributed by atoms with van der Waals surface area (Å²) in [4.78, 5) is 33.1. The molecule has 336 valence electrons. The normalized spacial score (nSPS) is 23.7. The standard InChI is InChI=1S/C48H59F3N6O5Si/c1-27(2)63(28(3)4,29(5)6)18-15-36-38(50)14-11-31-19-35(62-26-60-7)20-37(39(31)36)43-41(51)44-40(42(52-43)30-9-10-30)45(55-23-33-12-13-34(24-55)57(33)47(58)59)54-46(53-44)61-25-48-16-8-17-56(48)22-32(49)21-48/h11,14,19-20,27-30,32-34H,8-10,12-13,16-17,21-26H2,1-7H3,(H,58,59)/t32-,33-,34+,48+/m1/s1. The number of piperazine rings is 1. The number of hydrogen-bond acceptors (Lipinski definition) is 9. The monoisotopic (exact) mass is 884 g/mol. The first-order valence-corrected chi connectivity index (χ1v) is 25.0. The third kappa shape index (κ3) is 7.57. The van der Waals surface area contributed by atoms with Crippen molar-refractivity contribution in [2.75, 3.05) is 51.6 Å². The topological polar surface area (TPSA) is 113 Å². The molecule has 1 N–H and O–H groups in total. The van der Waals surface area contributed by atoms with Gasteiger partial charge < -0.3 is 24.2 Å². The Morgan fingerprint density at radius 3 is 2.32 bits per heavy atom. The van der Waals surface area contributed by atoms with Crippen molar-refractivity contribution in [2.24, 2.45) is 0 Å². The van der Waals surface area contributed by atoms with E-state index in [9.17, 15) is 14.3 Å². The van der Waals surface area contributed by atoms with Crippen LogP contribution in [0.15, 0.2) is 24.3 Å². The maximum absolute atomic E-state index is 18.2. The Hall–Kier alpha value is -4.65. The van der Waals surface area contributed by atoms with Gasteiger partial charge in [-0.05, 0) is 85.3 Å². The minimum Gasteiger partial charge on any atom is -0.468 e. The predicted octanol–water partition coefficient (Wildman–Crippen LogP) is 9.84. The summed E-state index contributed by atoms with van der Waals surface area (Å²) < 4.78 is 67.2. The number of amides is 1. The highest BCUT2D eigenvalue weighted by Crippen LogP contribution is 2.49. The second kappa shape index (κ2) is 16.7. The summed E-state index contributed by atoms with van der Waals surface area (Å²) in [6.07, 6.45) is 3.18. The van der Waals surface area contributed by atoms with Gasteiger partial charge in [0.05, 0.1) is 34.3 Å². The van der Waals surface area contributed by atoms with Gasteiger partial charge in [-0.3, -0.25) is 9.80 Å². The van der Waals surface area contributed by atoms with Gasteiger partial charge >= 0.3 is 12.1 Å². The maximum Gasteiger partial charge on any atom is 0.407 e. The fourth-order valence-corrected chi connectivity index (χ4v) is 17.1. The van der Waals surface area contributed by atoms with Gasteiger partial charge in [0.15, 0.2) is 12.6 Å². The molecule has 0 spiro atoms. The molecule has 2 aromatic carbocycles. The Morgan fingerprint density at radius 2 is 1.67 bits per heavy atom. The fraction of sp³-hybridized carbons (Fsp3) is 0.583. The van der Waals surface area contributed by atoms with Crippen molar-refractivity contribution in [1.82, 2.24) is 24.8 Å². The van der Waals surface area contributed by atoms with E-state index in [4.69, 9.17) is 29.2 Å². The van der Waals surface area contributed by atoms with Crippen molar-refractivity contribution in [2.45, 2.75) is 133 Å². The summed E-state index contributed by atoms with van der Waals surface area (Å²) in [5.41, 5.74) is 5.19. The minimum atomic E-state index is -2.34. The van der Waals surface area contributed by atoms with E-state index >= 15 is 8.78 Å². The molecule has 4 atom stereocenters. The average molecular weight is 885 g/mol. The molecule has 9 rings (SSSR count). The van der Waals surface area contributed by atoms with Crippen LogP contribution in [0, 0.1) is 23.1 Å². The first-order chi connectivity index (χ1) is 30.1. The Balaban J connectivity index is 1.27. The largest absolute Gasteiger partial charge is 0.468 e. The number of pyridine rings is 1. The molecule has 6 heterocycles. The van der Waals surface area contributed by atoms with Crippen LogP contribution in [0.25, 0.3) is 32.9 Å². The number of anilines is 1. The van der Waals surface area contributed by atoms with Crippen molar-refractivity contribution in [3.63, 3.8) is 0 Å². The lowest BCUT2D eigenvalue weighted by Gasteiger charge is -2.40. The highest BCUT2D eigenvalue weighted by atomic mass is 28.3. The van der Waals surface area contributed by atoms with E-state index in [0.717, 1.165) is 32.2 Å². The molecule has 1 saturated carbocycles. The third-order valence-corrected chi connectivity index (χ3v) is 21.2. The van der Waals surface area contributed by atoms with Gasteiger partial charge in [-0.1, -0.05) is 53.5 Å². The first-order valence-electron chi connectivity index (χ1n) is 22.8. The van der Waals surface area contributed by atoms with Crippen LogP contribution in [-0.2, 0) is 4.74 Å². The smallest absolute Gasteiger partial charge is 0.407 e. The Kier molecular flexibility index (Phi) is 11.6. The van der Waals surface area contributed by atoms with Crippen molar-refractivity contribution in [1.29, 1.82) is 0 Å². The molecule has 4 aliphatic heterocycles. The molecule has 11 nitrogen and oxygen atoms in total. The van der Waals surface area contributed by atoms with E-state index < -0.39 is 37.5 Å². The van der Waals surface area contributed by atoms with Crippen LogP contribution in [0.5, 0.6) is 11.8 Å². The number of carboxylic acid groups (broad SMARTS) is 1. The molecule has 5 aliphatic rings. The molecule has 0 radical (unpaired) electrons. The number of fused-ring (bicyclic) bond motifs is 5. The number of methoxy groups -OCH3 is 1. The van der Waals surface area contributed by atoms with Crippen LogP contribution < -0.4 is 14.4 Å². The van der Waals surface area contributed by atoms with E-state index in [2.05, 4.69) is 57.9 Å². The second-order valence-corrected chi connectivity index (χ2v) is 25.1. The van der Waals surface area contributed by atoms with Crippen LogP contribution in [0.4, 0.5) is 23.8 Å². The van der Waals surface area contributed by atoms with Gasteiger partial charge in [-0.2, -0.15) is 9.97 Å². The SMILES string of the molecule is COCOc1cc(-c2nc(C3CC3)c3c(N4C[C@H]5CC[C@@H](C4)N5C(=O)O)nc(OC[C@@]45CCCN4C[C@H](F)C5)nc3c2F)c2c(C#C[Si](C(C)C)(C(C)C)C(C)C)c(F)ccc2c1. The number of rotatable bonds is 12. The van der Waals surface area contributed by atoms with Gasteiger partial charge in [0, 0.05) is 50.0 Å². The number of carbonyl (C=O) groups is 1. The zero-order valence-electron chi connectivity index (χ0n) is 37.4. The second-order valence-electron chi connectivity index (χ2n) is 19.5. The van der Waals surface area contributed by atoms with E-state index in [0.29, 0.717) is 94.5 Å². The van der Waals surface area contributed by atoms with Crippen LogP contribution in [-0.4, -0.2) is 115 Å². The summed E-state index contributed by atoms with van der Waals surface area (Å²) in [6, 6.07) is 5.97. The highest BCUT2D eigenvalue weighted by molar-refractivity contribution is 6.90. The number of hydrogen-bond donors (Lipinski definition) is 1. The molecule has 63 heavy (non-hydrogen) atoms. The van der Waals surface area contributed by atoms with Crippen LogP contribution in [0.3, 0.4) is 0 Å². The molecule has 1 aliphatic carbocycles. The lowest BCUT2D eigenvalue weighted by molar-refractivity contribution is 0.0512. The fourth-order valence-electron chi connectivity index (χ4n) is 11.9. The zero-order chi connectivity index (χ0) is 44.5. The van der Waals surface area contributed by atoms with Gasteiger partial charge in [0.1, 0.15) is 49.4 Å². The number of ether oxygens (including phenoxy) is 3.